The van der Waals surface area contributed by atoms with E-state index in [0.29, 0.717) is 31.7 Å². The number of likely N-dealkylation sites (tertiary alicyclic amines) is 1. The molecule has 1 aliphatic heterocycles. The highest BCUT2D eigenvalue weighted by Crippen LogP contribution is 2.31. The molecule has 0 spiro atoms. The Balaban J connectivity index is 1.18. The van der Waals surface area contributed by atoms with E-state index in [-0.39, 0.29) is 11.8 Å². The number of hydrogen-bond acceptors (Lipinski definition) is 5. The molecule has 2 amide bonds. The number of nitrogens with one attached hydrogen (secondary N) is 2. The standard InChI is InChI=1S/C31H38N4O2S/c1-24(28-14-8-12-26-11-6-7-13-29(26)28)34-21-17-27(18-22-34)35(38-2)23-31(37)33-20-19-32-30(36)16-15-25-9-4-3-5-10-25/h3-16,24,27H,17-23H2,1-2H3,(H,32,36)(H,33,37)/b16-15+. The largest absolute Gasteiger partial charge is 0.353 e. The Hall–Kier alpha value is -3.13. The summed E-state index contributed by atoms with van der Waals surface area (Å²) in [4.78, 5) is 27.1. The number of fused-ring (bicyclic) bond motifs is 1. The van der Waals surface area contributed by atoms with Gasteiger partial charge in [0, 0.05) is 44.3 Å². The number of carbonyl (C=O) groups is 2. The zero-order chi connectivity index (χ0) is 26.7. The molecule has 0 radical (unpaired) electrons. The lowest BCUT2D eigenvalue weighted by Gasteiger charge is -2.40. The average Bonchev–Trinajstić information content (AvgIpc) is 2.97. The van der Waals surface area contributed by atoms with Crippen molar-refractivity contribution in [2.24, 2.45) is 0 Å². The highest BCUT2D eigenvalue weighted by Gasteiger charge is 2.28. The molecule has 1 aliphatic rings. The molecule has 1 unspecified atom stereocenters. The first kappa shape index (κ1) is 27.9. The van der Waals surface area contributed by atoms with E-state index in [4.69, 9.17) is 0 Å². The van der Waals surface area contributed by atoms with Crippen molar-refractivity contribution < 1.29 is 9.59 Å². The molecule has 2 N–H and O–H groups in total. The Morgan fingerprint density at radius 3 is 2.42 bits per heavy atom. The molecule has 0 aliphatic carbocycles. The first-order valence-corrected chi connectivity index (χ1v) is 14.5. The molecule has 0 saturated carbocycles. The number of carbonyl (C=O) groups excluding carboxylic acids is 2. The van der Waals surface area contributed by atoms with Crippen molar-refractivity contribution in [1.29, 1.82) is 0 Å². The summed E-state index contributed by atoms with van der Waals surface area (Å²) in [6, 6.07) is 25.6. The Bertz CT molecular complexity index is 1220. The van der Waals surface area contributed by atoms with Crippen LogP contribution in [-0.4, -0.2) is 66.0 Å². The summed E-state index contributed by atoms with van der Waals surface area (Å²) in [5.41, 5.74) is 2.35. The molecule has 3 aromatic carbocycles. The summed E-state index contributed by atoms with van der Waals surface area (Å²) in [6.07, 6.45) is 7.40. The molecule has 7 heteroatoms. The Morgan fingerprint density at radius 2 is 1.66 bits per heavy atom. The molecular weight excluding hydrogens is 492 g/mol. The summed E-state index contributed by atoms with van der Waals surface area (Å²) >= 11 is 1.64. The van der Waals surface area contributed by atoms with Crippen LogP contribution in [0.15, 0.2) is 78.9 Å². The molecular formula is C31H38N4O2S. The van der Waals surface area contributed by atoms with E-state index in [9.17, 15) is 9.59 Å². The molecule has 1 atom stereocenters. The van der Waals surface area contributed by atoms with E-state index in [1.165, 1.54) is 22.4 Å². The van der Waals surface area contributed by atoms with Gasteiger partial charge in [-0.2, -0.15) is 0 Å². The zero-order valence-corrected chi connectivity index (χ0v) is 23.1. The quantitative estimate of drug-likeness (QED) is 0.210. The number of benzene rings is 3. The van der Waals surface area contributed by atoms with Gasteiger partial charge in [-0.3, -0.25) is 14.5 Å². The van der Waals surface area contributed by atoms with Crippen LogP contribution in [0.2, 0.25) is 0 Å². The van der Waals surface area contributed by atoms with E-state index < -0.39 is 0 Å². The van der Waals surface area contributed by atoms with E-state index >= 15 is 0 Å². The first-order valence-electron chi connectivity index (χ1n) is 13.4. The van der Waals surface area contributed by atoms with Crippen molar-refractivity contribution in [3.8, 4) is 0 Å². The van der Waals surface area contributed by atoms with E-state index in [2.05, 4.69) is 69.2 Å². The molecule has 1 fully saturated rings. The number of rotatable bonds is 11. The molecule has 6 nitrogen and oxygen atoms in total. The van der Waals surface area contributed by atoms with Gasteiger partial charge < -0.3 is 10.6 Å². The summed E-state index contributed by atoms with van der Waals surface area (Å²) < 4.78 is 2.20. The second-order valence-corrected chi connectivity index (χ2v) is 10.5. The normalized spacial score (nSPS) is 15.7. The number of amides is 2. The summed E-state index contributed by atoms with van der Waals surface area (Å²) in [7, 11) is 0. The predicted octanol–water partition coefficient (Wildman–Crippen LogP) is 4.89. The number of piperidine rings is 1. The minimum Gasteiger partial charge on any atom is -0.353 e. The van der Waals surface area contributed by atoms with Crippen LogP contribution in [0.25, 0.3) is 16.8 Å². The maximum atomic E-state index is 12.6. The molecule has 3 aromatic rings. The number of hydrogen-bond donors (Lipinski definition) is 2. The highest BCUT2D eigenvalue weighted by atomic mass is 32.2. The van der Waals surface area contributed by atoms with Crippen molar-refractivity contribution in [2.75, 3.05) is 39.0 Å². The van der Waals surface area contributed by atoms with Crippen molar-refractivity contribution >= 4 is 40.6 Å². The lowest BCUT2D eigenvalue weighted by Crippen LogP contribution is -2.46. The van der Waals surface area contributed by atoms with Crippen LogP contribution in [-0.2, 0) is 9.59 Å². The third-order valence-electron chi connectivity index (χ3n) is 7.23. The fraction of sp³-hybridized carbons (Fsp3) is 0.355. The van der Waals surface area contributed by atoms with E-state index in [0.717, 1.165) is 31.5 Å². The zero-order valence-electron chi connectivity index (χ0n) is 22.3. The number of nitrogens with zero attached hydrogens (tertiary/aromatic N) is 2. The van der Waals surface area contributed by atoms with Gasteiger partial charge in [-0.25, -0.2) is 4.31 Å². The van der Waals surface area contributed by atoms with E-state index in [1.54, 1.807) is 18.0 Å². The average molecular weight is 531 g/mol. The van der Waals surface area contributed by atoms with Gasteiger partial charge in [-0.15, -0.1) is 0 Å². The van der Waals surface area contributed by atoms with Crippen LogP contribution in [0, 0.1) is 0 Å². The summed E-state index contributed by atoms with van der Waals surface area (Å²) in [5.74, 6) is -0.182. The SMILES string of the molecule is CSN(CC(=O)NCCNC(=O)/C=C/c1ccccc1)C1CCN(C(C)c2cccc3ccccc23)CC1. The topological polar surface area (TPSA) is 64.7 Å². The van der Waals surface area contributed by atoms with Crippen molar-refractivity contribution in [3.05, 3.63) is 90.0 Å². The van der Waals surface area contributed by atoms with Crippen molar-refractivity contribution in [3.63, 3.8) is 0 Å². The summed E-state index contributed by atoms with van der Waals surface area (Å²) in [6.45, 7) is 5.48. The summed E-state index contributed by atoms with van der Waals surface area (Å²) in [5, 5.41) is 8.37. The van der Waals surface area contributed by atoms with Gasteiger partial charge in [-0.05, 0) is 54.0 Å². The Kier molecular flexibility index (Phi) is 10.4. The molecule has 4 rings (SSSR count). The highest BCUT2D eigenvalue weighted by molar-refractivity contribution is 7.96. The van der Waals surface area contributed by atoms with Crippen LogP contribution >= 0.6 is 11.9 Å². The first-order chi connectivity index (χ1) is 18.5. The lowest BCUT2D eigenvalue weighted by molar-refractivity contribution is -0.122. The Morgan fingerprint density at radius 1 is 0.974 bits per heavy atom. The smallest absolute Gasteiger partial charge is 0.244 e. The lowest BCUT2D eigenvalue weighted by atomic mass is 9.96. The van der Waals surface area contributed by atoms with Crippen LogP contribution in [0.4, 0.5) is 0 Å². The predicted molar refractivity (Wildman–Crippen MR) is 159 cm³/mol. The van der Waals surface area contributed by atoms with Gasteiger partial charge in [0.2, 0.25) is 11.8 Å². The van der Waals surface area contributed by atoms with Crippen LogP contribution < -0.4 is 10.6 Å². The molecule has 0 aromatic heterocycles. The minimum absolute atomic E-state index is 0.0139. The van der Waals surface area contributed by atoms with Gasteiger partial charge in [0.25, 0.3) is 0 Å². The van der Waals surface area contributed by atoms with E-state index in [1.807, 2.05) is 36.6 Å². The maximum Gasteiger partial charge on any atom is 0.244 e. The molecule has 0 bridgehead atoms. The van der Waals surface area contributed by atoms with Crippen molar-refractivity contribution in [2.45, 2.75) is 31.8 Å². The van der Waals surface area contributed by atoms with Gasteiger partial charge in [0.15, 0.2) is 0 Å². The fourth-order valence-corrected chi connectivity index (χ4v) is 5.85. The van der Waals surface area contributed by atoms with Gasteiger partial charge in [0.05, 0.1) is 6.54 Å². The van der Waals surface area contributed by atoms with Crippen LogP contribution in [0.3, 0.4) is 0 Å². The molecule has 200 valence electrons. The second-order valence-electron chi connectivity index (χ2n) is 9.65. The van der Waals surface area contributed by atoms with Crippen LogP contribution in [0.5, 0.6) is 0 Å². The molecule has 1 saturated heterocycles. The third kappa shape index (κ3) is 7.69. The Labute approximate surface area is 230 Å². The fourth-order valence-electron chi connectivity index (χ4n) is 5.10. The van der Waals surface area contributed by atoms with Gasteiger partial charge >= 0.3 is 0 Å². The van der Waals surface area contributed by atoms with Gasteiger partial charge in [0.1, 0.15) is 0 Å². The maximum absolute atomic E-state index is 12.6. The third-order valence-corrected chi connectivity index (χ3v) is 8.13. The van der Waals surface area contributed by atoms with Crippen molar-refractivity contribution in [1.82, 2.24) is 19.8 Å². The van der Waals surface area contributed by atoms with Gasteiger partial charge in [-0.1, -0.05) is 84.7 Å². The molecule has 1 heterocycles. The second kappa shape index (κ2) is 14.1. The monoisotopic (exact) mass is 530 g/mol. The molecule has 38 heavy (non-hydrogen) atoms. The minimum atomic E-state index is -0.168. The van der Waals surface area contributed by atoms with Crippen LogP contribution in [0.1, 0.15) is 36.9 Å².